The summed E-state index contributed by atoms with van der Waals surface area (Å²) < 4.78 is 5.64. The molecule has 1 rings (SSSR count). The molecule has 1 fully saturated rings. The van der Waals surface area contributed by atoms with E-state index in [1.165, 1.54) is 25.7 Å². The van der Waals surface area contributed by atoms with E-state index in [0.29, 0.717) is 12.0 Å². The third kappa shape index (κ3) is 2.86. The molecule has 0 aromatic carbocycles. The van der Waals surface area contributed by atoms with Gasteiger partial charge in [-0.1, -0.05) is 19.7 Å². The van der Waals surface area contributed by atoms with Crippen molar-refractivity contribution < 1.29 is 4.74 Å². The van der Waals surface area contributed by atoms with Crippen LogP contribution in [0.5, 0.6) is 0 Å². The van der Waals surface area contributed by atoms with Crippen LogP contribution in [0.2, 0.25) is 6.32 Å². The maximum Gasteiger partial charge on any atom is 0.0657 e. The van der Waals surface area contributed by atoms with Gasteiger partial charge in [0.25, 0.3) is 0 Å². The molecule has 2 atom stereocenters. The lowest BCUT2D eigenvalue weighted by Gasteiger charge is -2.28. The molecule has 1 aliphatic rings. The van der Waals surface area contributed by atoms with E-state index in [1.807, 2.05) is 0 Å². The average Bonchev–Trinajstić information content (AvgIpc) is 2.07. The second kappa shape index (κ2) is 4.81. The van der Waals surface area contributed by atoms with Gasteiger partial charge in [0.05, 0.1) is 14.0 Å². The number of rotatable bonds is 3. The van der Waals surface area contributed by atoms with Gasteiger partial charge in [-0.25, -0.2) is 0 Å². The number of ether oxygens (including phenoxy) is 1. The summed E-state index contributed by atoms with van der Waals surface area (Å²) in [7, 11) is 5.54. The van der Waals surface area contributed by atoms with Crippen molar-refractivity contribution in [2.45, 2.75) is 45.0 Å². The molecule has 1 aliphatic heterocycles. The van der Waals surface area contributed by atoms with Crippen LogP contribution >= 0.6 is 0 Å². The smallest absolute Gasteiger partial charge is 0.0657 e. The quantitative estimate of drug-likeness (QED) is 0.563. The molecule has 0 N–H and O–H groups in total. The molecule has 62 valence electrons. The van der Waals surface area contributed by atoms with E-state index in [9.17, 15) is 0 Å². The Morgan fingerprint density at radius 2 is 2.27 bits per heavy atom. The first-order chi connectivity index (χ1) is 5.36. The van der Waals surface area contributed by atoms with Crippen LogP contribution in [-0.4, -0.2) is 20.6 Å². The van der Waals surface area contributed by atoms with E-state index in [-0.39, 0.29) is 0 Å². The fourth-order valence-electron chi connectivity index (χ4n) is 1.60. The second-order valence-electron chi connectivity index (χ2n) is 3.42. The highest BCUT2D eigenvalue weighted by atomic mass is 16.5. The van der Waals surface area contributed by atoms with Gasteiger partial charge < -0.3 is 4.74 Å². The lowest BCUT2D eigenvalue weighted by atomic mass is 9.85. The molecule has 1 saturated heterocycles. The molecule has 0 spiro atoms. The minimum absolute atomic E-state index is 0.530. The normalized spacial score (nSPS) is 32.1. The SMILES string of the molecule is [B]CC1CCC(CCC)OC1. The fraction of sp³-hybridized carbons (Fsp3) is 1.00. The van der Waals surface area contributed by atoms with Crippen LogP contribution < -0.4 is 0 Å². The van der Waals surface area contributed by atoms with Crippen LogP contribution in [0.15, 0.2) is 0 Å². The van der Waals surface area contributed by atoms with Gasteiger partial charge >= 0.3 is 0 Å². The highest BCUT2D eigenvalue weighted by Gasteiger charge is 2.18. The Morgan fingerprint density at radius 3 is 2.73 bits per heavy atom. The lowest BCUT2D eigenvalue weighted by molar-refractivity contribution is -0.0150. The number of hydrogen-bond acceptors (Lipinski definition) is 1. The summed E-state index contributed by atoms with van der Waals surface area (Å²) in [5, 5.41) is 0. The molecule has 1 heterocycles. The van der Waals surface area contributed by atoms with Crippen LogP contribution in [0.4, 0.5) is 0 Å². The first-order valence-electron chi connectivity index (χ1n) is 4.68. The van der Waals surface area contributed by atoms with Crippen molar-refractivity contribution in [3.8, 4) is 0 Å². The zero-order chi connectivity index (χ0) is 8.10. The molecule has 0 amide bonds. The third-order valence-electron chi connectivity index (χ3n) is 2.41. The Kier molecular flexibility index (Phi) is 3.99. The molecule has 0 aromatic heterocycles. The molecule has 0 saturated carbocycles. The Labute approximate surface area is 70.9 Å². The van der Waals surface area contributed by atoms with Crippen LogP contribution in [0, 0.1) is 5.92 Å². The lowest BCUT2D eigenvalue weighted by Crippen LogP contribution is -2.25. The zero-order valence-electron chi connectivity index (χ0n) is 7.38. The highest BCUT2D eigenvalue weighted by Crippen LogP contribution is 2.23. The van der Waals surface area contributed by atoms with E-state index in [4.69, 9.17) is 12.6 Å². The summed E-state index contributed by atoms with van der Waals surface area (Å²) >= 11 is 0. The molecule has 2 heteroatoms. The monoisotopic (exact) mass is 152 g/mol. The molecular weight excluding hydrogens is 135 g/mol. The predicted octanol–water partition coefficient (Wildman–Crippen LogP) is 2.17. The third-order valence-corrected chi connectivity index (χ3v) is 2.41. The Balaban J connectivity index is 2.14. The Bertz CT molecular complexity index is 97.7. The Morgan fingerprint density at radius 1 is 1.45 bits per heavy atom. The minimum atomic E-state index is 0.530. The van der Waals surface area contributed by atoms with Gasteiger partial charge in [0.1, 0.15) is 0 Å². The first kappa shape index (κ1) is 9.12. The topological polar surface area (TPSA) is 9.23 Å². The summed E-state index contributed by atoms with van der Waals surface area (Å²) in [4.78, 5) is 0. The average molecular weight is 152 g/mol. The van der Waals surface area contributed by atoms with E-state index in [0.717, 1.165) is 12.9 Å². The van der Waals surface area contributed by atoms with Crippen molar-refractivity contribution in [3.63, 3.8) is 0 Å². The summed E-state index contributed by atoms with van der Waals surface area (Å²) in [6, 6.07) is 0. The van der Waals surface area contributed by atoms with Gasteiger partial charge in [0.2, 0.25) is 0 Å². The zero-order valence-corrected chi connectivity index (χ0v) is 7.38. The van der Waals surface area contributed by atoms with Crippen molar-refractivity contribution >= 4 is 7.85 Å². The summed E-state index contributed by atoms with van der Waals surface area (Å²) in [5.74, 6) is 0.628. The van der Waals surface area contributed by atoms with Crippen LogP contribution in [0.25, 0.3) is 0 Å². The summed E-state index contributed by atoms with van der Waals surface area (Å²) in [5.41, 5.74) is 0. The van der Waals surface area contributed by atoms with Gasteiger partial charge in [-0.15, -0.1) is 0 Å². The van der Waals surface area contributed by atoms with E-state index in [1.54, 1.807) is 0 Å². The molecule has 0 aromatic rings. The van der Waals surface area contributed by atoms with Crippen LogP contribution in [0.1, 0.15) is 32.6 Å². The van der Waals surface area contributed by atoms with Crippen molar-refractivity contribution in [1.29, 1.82) is 0 Å². The maximum atomic E-state index is 5.64. The highest BCUT2D eigenvalue weighted by molar-refractivity contribution is 6.08. The molecule has 1 nitrogen and oxygen atoms in total. The van der Waals surface area contributed by atoms with Gasteiger partial charge in [-0.05, 0) is 25.2 Å². The molecule has 0 bridgehead atoms. The molecule has 0 aliphatic carbocycles. The van der Waals surface area contributed by atoms with Gasteiger partial charge in [0, 0.05) is 6.61 Å². The van der Waals surface area contributed by atoms with Gasteiger partial charge in [-0.3, -0.25) is 0 Å². The second-order valence-corrected chi connectivity index (χ2v) is 3.42. The standard InChI is InChI=1S/C9H17BO/c1-2-3-9-5-4-8(6-10)7-11-9/h8-9H,2-7H2,1H3. The van der Waals surface area contributed by atoms with Crippen molar-refractivity contribution in [1.82, 2.24) is 0 Å². The van der Waals surface area contributed by atoms with E-state index >= 15 is 0 Å². The molecule has 11 heavy (non-hydrogen) atoms. The fourth-order valence-corrected chi connectivity index (χ4v) is 1.60. The number of hydrogen-bond donors (Lipinski definition) is 0. The Hall–Kier alpha value is 0.0249. The first-order valence-corrected chi connectivity index (χ1v) is 4.68. The maximum absolute atomic E-state index is 5.64. The molecule has 2 unspecified atom stereocenters. The molecular formula is C9H17BO. The van der Waals surface area contributed by atoms with Crippen molar-refractivity contribution in [2.24, 2.45) is 5.92 Å². The van der Waals surface area contributed by atoms with Crippen molar-refractivity contribution in [3.05, 3.63) is 0 Å². The van der Waals surface area contributed by atoms with Gasteiger partial charge in [-0.2, -0.15) is 0 Å². The van der Waals surface area contributed by atoms with E-state index < -0.39 is 0 Å². The van der Waals surface area contributed by atoms with Crippen LogP contribution in [0.3, 0.4) is 0 Å². The minimum Gasteiger partial charge on any atom is -0.378 e. The summed E-state index contributed by atoms with van der Waals surface area (Å²) in [6.45, 7) is 3.10. The van der Waals surface area contributed by atoms with Crippen LogP contribution in [-0.2, 0) is 4.74 Å². The largest absolute Gasteiger partial charge is 0.378 e. The van der Waals surface area contributed by atoms with E-state index in [2.05, 4.69) is 6.92 Å². The molecule has 2 radical (unpaired) electrons. The predicted molar refractivity (Wildman–Crippen MR) is 47.9 cm³/mol. The summed E-state index contributed by atoms with van der Waals surface area (Å²) in [6.07, 6.45) is 6.26. The van der Waals surface area contributed by atoms with Crippen molar-refractivity contribution in [2.75, 3.05) is 6.61 Å². The van der Waals surface area contributed by atoms with Gasteiger partial charge in [0.15, 0.2) is 0 Å².